The largest absolute Gasteiger partial charge is 2.00 e. The zero-order valence-corrected chi connectivity index (χ0v) is 33.3. The number of nitrogens with zero attached hydrogens (tertiary/aromatic N) is 5. The van der Waals surface area contributed by atoms with Crippen LogP contribution >= 0.6 is 11.3 Å². The van der Waals surface area contributed by atoms with Crippen molar-refractivity contribution in [2.24, 2.45) is 0 Å². The van der Waals surface area contributed by atoms with E-state index in [4.69, 9.17) is 31.4 Å². The molecule has 6 rings (SSSR count). The number of ether oxygens (including phenoxy) is 1. The van der Waals surface area contributed by atoms with Gasteiger partial charge in [0.1, 0.15) is 11.5 Å². The summed E-state index contributed by atoms with van der Waals surface area (Å²) in [4.78, 5) is 52.2. The smallest absolute Gasteiger partial charge is 0.697 e. The zero-order chi connectivity index (χ0) is 42.6. The normalized spacial score (nSPS) is 10.6. The summed E-state index contributed by atoms with van der Waals surface area (Å²) < 4.78 is 42.4. The summed E-state index contributed by atoms with van der Waals surface area (Å²) in [7, 11) is 1.61. The van der Waals surface area contributed by atoms with Crippen molar-refractivity contribution in [3.8, 4) is 54.8 Å². The van der Waals surface area contributed by atoms with Gasteiger partial charge in [-0.15, -0.1) is 17.0 Å². The van der Waals surface area contributed by atoms with E-state index in [9.17, 15) is 32.7 Å². The van der Waals surface area contributed by atoms with Crippen LogP contribution in [0.4, 0.5) is 13.2 Å². The van der Waals surface area contributed by atoms with E-state index >= 15 is 0 Å². The molecule has 0 spiro atoms. The summed E-state index contributed by atoms with van der Waals surface area (Å²) in [6, 6.07) is 22.4. The number of nitriles is 1. The number of carboxylic acids is 3. The van der Waals surface area contributed by atoms with E-state index in [1.165, 1.54) is 66.5 Å². The quantitative estimate of drug-likeness (QED) is 0.0435. The van der Waals surface area contributed by atoms with Gasteiger partial charge in [0.2, 0.25) is 0 Å². The number of hydrogen-bond acceptors (Lipinski definition) is 12. The first-order valence-electron chi connectivity index (χ1n) is 16.0. The van der Waals surface area contributed by atoms with E-state index in [0.29, 0.717) is 6.08 Å². The molecule has 0 saturated carbocycles. The van der Waals surface area contributed by atoms with E-state index in [-0.39, 0.29) is 64.6 Å². The number of carbonyl (C=O) groups is 3. The SMILES string of the molecule is COc1ccc(-c2ccc(-c3ccc(/C([NH-])=C/C(=N)C(F)(F)F)nc3)s2)cc1.N#C[S-].O=C(O)c1ccnc(-c2cc(C(=O)O)cc(-c3cc(C(=O)O)ccn3)n2)c1.[Ru+2]. The third-order valence-corrected chi connectivity index (χ3v) is 8.69. The van der Waals surface area contributed by atoms with Crippen LogP contribution < -0.4 is 4.74 Å². The standard InChI is InChI=1S/C20H15F3N3OS.C18H11N3O6.CHNS.Ru/c1-27-14-5-2-12(3-6-14)17-8-9-18(28-17)13-4-7-16(26-11-13)15(24)10-19(25)20(21,22)23;22-16(23)9-1-3-19-12(5-9)14-7-11(18(26)27)8-15(21-14)13-6-10(17(24)25)2-4-20-13;2-1-3;/h2-11,24-25H,1H3;1-8H,(H,22,23)(H,24,25)(H,26,27);3H;/q-1;;;+2/p-1/b15-10-,25-19?;;;. The van der Waals surface area contributed by atoms with Crippen molar-refractivity contribution in [1.82, 2.24) is 19.9 Å². The predicted molar refractivity (Wildman–Crippen MR) is 210 cm³/mol. The van der Waals surface area contributed by atoms with Crippen LogP contribution in [0.1, 0.15) is 36.8 Å². The third-order valence-electron chi connectivity index (χ3n) is 7.51. The molecule has 0 aliphatic rings. The number of nitrogens with one attached hydrogen (secondary N) is 2. The number of thiophene rings is 1. The number of aromatic nitrogens is 4. The summed E-state index contributed by atoms with van der Waals surface area (Å²) in [6.07, 6.45) is -0.262. The molecule has 59 heavy (non-hydrogen) atoms. The van der Waals surface area contributed by atoms with Crippen LogP contribution in [0.5, 0.6) is 5.75 Å². The number of carboxylic acid groups (broad SMARTS) is 3. The fraction of sp³-hybridized carbons (Fsp3) is 0.0513. The van der Waals surface area contributed by atoms with Crippen LogP contribution in [0, 0.1) is 16.1 Å². The molecule has 0 atom stereocenters. The fourth-order valence-corrected chi connectivity index (χ4v) is 5.73. The number of allylic oxidation sites excluding steroid dienone is 1. The topological polar surface area (TPSA) is 244 Å². The van der Waals surface area contributed by atoms with Crippen molar-refractivity contribution in [3.05, 3.63) is 138 Å². The number of pyridine rings is 4. The second kappa shape index (κ2) is 21.0. The van der Waals surface area contributed by atoms with Gasteiger partial charge in [0, 0.05) is 39.6 Å². The molecule has 0 radical (unpaired) electrons. The minimum absolute atomic E-state index is 0. The van der Waals surface area contributed by atoms with Crippen LogP contribution in [0.15, 0.2) is 110 Å². The molecule has 0 fully saturated rings. The van der Waals surface area contributed by atoms with Gasteiger partial charge in [0.15, 0.2) is 0 Å². The molecule has 5 N–H and O–H groups in total. The maximum Gasteiger partial charge on any atom is 2.00 e. The van der Waals surface area contributed by atoms with E-state index in [2.05, 4.69) is 32.6 Å². The Morgan fingerprint density at radius 3 is 1.66 bits per heavy atom. The molecule has 14 nitrogen and oxygen atoms in total. The first-order chi connectivity index (χ1) is 27.5. The molecule has 0 unspecified atom stereocenters. The minimum atomic E-state index is -4.78. The first kappa shape index (κ1) is 46.4. The van der Waals surface area contributed by atoms with Gasteiger partial charge >= 0.3 is 43.6 Å². The van der Waals surface area contributed by atoms with E-state index in [0.717, 1.165) is 26.6 Å². The molecule has 300 valence electrons. The van der Waals surface area contributed by atoms with Gasteiger partial charge in [-0.1, -0.05) is 5.40 Å². The first-order valence-corrected chi connectivity index (χ1v) is 17.2. The maximum absolute atomic E-state index is 12.4. The molecular formula is C39H26F3N7O7RuS2. The van der Waals surface area contributed by atoms with Gasteiger partial charge in [-0.25, -0.2) is 24.6 Å². The predicted octanol–water partition coefficient (Wildman–Crippen LogP) is 8.77. The maximum atomic E-state index is 12.4. The van der Waals surface area contributed by atoms with Crippen molar-refractivity contribution in [2.45, 2.75) is 6.18 Å². The molecule has 5 heterocycles. The average Bonchev–Trinajstić information content (AvgIpc) is 3.71. The average molecular weight is 927 g/mol. The molecule has 0 amide bonds. The number of halogens is 3. The summed E-state index contributed by atoms with van der Waals surface area (Å²) in [5.41, 5.74) is 7.95. The Bertz CT molecular complexity index is 2470. The van der Waals surface area contributed by atoms with Crippen LogP contribution in [0.3, 0.4) is 0 Å². The molecule has 1 aromatic carbocycles. The Balaban J connectivity index is 0.000000291. The third kappa shape index (κ3) is 12.8. The monoisotopic (exact) mass is 927 g/mol. The van der Waals surface area contributed by atoms with Crippen molar-refractivity contribution < 1.29 is 67.1 Å². The minimum Gasteiger partial charge on any atom is -0.697 e. The zero-order valence-electron chi connectivity index (χ0n) is 29.9. The molecule has 0 aliphatic heterocycles. The molecule has 6 aromatic rings. The van der Waals surface area contributed by atoms with Gasteiger partial charge in [-0.2, -0.15) is 13.2 Å². The summed E-state index contributed by atoms with van der Waals surface area (Å²) in [5, 5.41) is 43.0. The summed E-state index contributed by atoms with van der Waals surface area (Å²) in [6.45, 7) is 0. The van der Waals surface area contributed by atoms with Crippen molar-refractivity contribution in [2.75, 3.05) is 7.11 Å². The van der Waals surface area contributed by atoms with Crippen LogP contribution in [-0.2, 0) is 32.1 Å². The van der Waals surface area contributed by atoms with Gasteiger partial charge in [-0.05, 0) is 96.6 Å². The second-order valence-corrected chi connectivity index (χ2v) is 12.6. The molecule has 0 bridgehead atoms. The Morgan fingerprint density at radius 2 is 1.24 bits per heavy atom. The van der Waals surface area contributed by atoms with Gasteiger partial charge in [-0.3, -0.25) is 20.4 Å². The van der Waals surface area contributed by atoms with Gasteiger partial charge in [0.25, 0.3) is 0 Å². The Morgan fingerprint density at radius 1 is 0.780 bits per heavy atom. The van der Waals surface area contributed by atoms with Crippen LogP contribution in [0.2, 0.25) is 0 Å². The molecule has 5 aromatic heterocycles. The Hall–Kier alpha value is -6.94. The number of rotatable bonds is 10. The summed E-state index contributed by atoms with van der Waals surface area (Å²) >= 11 is 5.25. The Labute approximate surface area is 355 Å². The molecule has 20 heteroatoms. The molecule has 0 aliphatic carbocycles. The van der Waals surface area contributed by atoms with Crippen LogP contribution in [0.25, 0.3) is 55.1 Å². The van der Waals surface area contributed by atoms with E-state index in [1.54, 1.807) is 24.5 Å². The fourth-order valence-electron chi connectivity index (χ4n) is 4.73. The number of thiocyanates is 1. The number of benzene rings is 1. The number of hydrogen-bond donors (Lipinski definition) is 4. The summed E-state index contributed by atoms with van der Waals surface area (Å²) in [5.74, 6) is -2.78. The number of methoxy groups -OCH3 is 1. The van der Waals surface area contributed by atoms with Crippen molar-refractivity contribution in [3.63, 3.8) is 0 Å². The van der Waals surface area contributed by atoms with Crippen LogP contribution in [-0.4, -0.2) is 72.2 Å². The molecule has 0 saturated heterocycles. The second-order valence-electron chi connectivity index (χ2n) is 11.3. The molecular weight excluding hydrogens is 901 g/mol. The van der Waals surface area contributed by atoms with Crippen molar-refractivity contribution in [1.29, 1.82) is 10.7 Å². The van der Waals surface area contributed by atoms with Crippen molar-refractivity contribution >= 4 is 53.3 Å². The van der Waals surface area contributed by atoms with Gasteiger partial charge < -0.3 is 38.4 Å². The van der Waals surface area contributed by atoms with Gasteiger partial charge in [0.05, 0.1) is 46.6 Å². The number of aromatic carboxylic acids is 3. The number of alkyl halides is 3. The van der Waals surface area contributed by atoms with E-state index in [1.807, 2.05) is 36.4 Å². The van der Waals surface area contributed by atoms with E-state index < -0.39 is 35.5 Å². The Kier molecular flexibility index (Phi) is 16.5.